The molecule has 0 radical (unpaired) electrons. The van der Waals surface area contributed by atoms with Crippen molar-refractivity contribution in [3.8, 4) is 0 Å². The summed E-state index contributed by atoms with van der Waals surface area (Å²) in [5, 5.41) is 12.6. The molecule has 1 heterocycles. The molecule has 1 aromatic heterocycles. The van der Waals surface area contributed by atoms with Crippen molar-refractivity contribution < 1.29 is 9.90 Å². The minimum absolute atomic E-state index is 0.105. The van der Waals surface area contributed by atoms with Crippen LogP contribution in [0.2, 0.25) is 0 Å². The van der Waals surface area contributed by atoms with Crippen molar-refractivity contribution in [3.05, 3.63) is 38.8 Å². The summed E-state index contributed by atoms with van der Waals surface area (Å²) in [5.41, 5.74) is 2.12. The van der Waals surface area contributed by atoms with E-state index in [4.69, 9.17) is 5.11 Å². The number of carboxylic acids is 1. The first-order valence-electron chi connectivity index (χ1n) is 5.21. The van der Waals surface area contributed by atoms with Crippen molar-refractivity contribution in [3.63, 3.8) is 0 Å². The number of aryl methyl sites for hydroxylation is 2. The van der Waals surface area contributed by atoms with Crippen molar-refractivity contribution >= 4 is 44.1 Å². The third kappa shape index (κ3) is 2.70. The van der Waals surface area contributed by atoms with Crippen molar-refractivity contribution in [2.45, 2.75) is 13.8 Å². The van der Waals surface area contributed by atoms with Gasteiger partial charge in [-0.2, -0.15) is 0 Å². The topological polar surface area (TPSA) is 62.2 Å². The molecule has 0 aliphatic rings. The summed E-state index contributed by atoms with van der Waals surface area (Å²) >= 11 is 4.78. The molecule has 0 spiro atoms. The van der Waals surface area contributed by atoms with Gasteiger partial charge in [0.25, 0.3) is 0 Å². The number of hydrogen-bond donors (Lipinski definition) is 2. The lowest BCUT2D eigenvalue weighted by molar-refractivity contribution is 0.0690. The maximum Gasteiger partial charge on any atom is 0.355 e. The number of carboxylic acid groups (broad SMARTS) is 1. The number of thiazole rings is 1. The number of hydrogen-bond acceptors (Lipinski definition) is 4. The van der Waals surface area contributed by atoms with Gasteiger partial charge >= 0.3 is 5.97 Å². The van der Waals surface area contributed by atoms with Gasteiger partial charge in [0.05, 0.1) is 0 Å². The van der Waals surface area contributed by atoms with E-state index in [1.807, 2.05) is 25.1 Å². The van der Waals surface area contributed by atoms with Crippen LogP contribution in [0.25, 0.3) is 0 Å². The second kappa shape index (κ2) is 5.07. The van der Waals surface area contributed by atoms with E-state index < -0.39 is 5.97 Å². The van der Waals surface area contributed by atoms with Gasteiger partial charge in [-0.15, -0.1) is 11.3 Å². The molecule has 0 aliphatic carbocycles. The third-order valence-corrected chi connectivity index (χ3v) is 4.16. The average molecular weight is 327 g/mol. The van der Waals surface area contributed by atoms with Crippen LogP contribution in [-0.2, 0) is 0 Å². The Kier molecular flexibility index (Phi) is 3.68. The predicted octanol–water partition coefficient (Wildman–Crippen LogP) is 3.96. The first-order valence-corrected chi connectivity index (χ1v) is 6.82. The summed E-state index contributed by atoms with van der Waals surface area (Å²) in [5.74, 6) is -0.998. The van der Waals surface area contributed by atoms with Crippen LogP contribution in [0.15, 0.2) is 22.7 Å². The Hall–Kier alpha value is -1.40. The molecule has 6 heteroatoms. The predicted molar refractivity (Wildman–Crippen MR) is 76.0 cm³/mol. The average Bonchev–Trinajstić information content (AvgIpc) is 2.65. The second-order valence-corrected chi connectivity index (χ2v) is 5.88. The van der Waals surface area contributed by atoms with Crippen LogP contribution >= 0.6 is 27.3 Å². The fourth-order valence-corrected chi connectivity index (χ4v) is 2.65. The molecule has 0 aliphatic heterocycles. The molecule has 0 saturated heterocycles. The van der Waals surface area contributed by atoms with E-state index in [2.05, 4.69) is 26.2 Å². The Balaban J connectivity index is 2.26. The quantitative estimate of drug-likeness (QED) is 0.896. The zero-order valence-electron chi connectivity index (χ0n) is 9.82. The van der Waals surface area contributed by atoms with E-state index in [0.29, 0.717) is 10.0 Å². The van der Waals surface area contributed by atoms with Gasteiger partial charge < -0.3 is 10.4 Å². The van der Waals surface area contributed by atoms with Gasteiger partial charge in [-0.3, -0.25) is 0 Å². The van der Waals surface area contributed by atoms with E-state index in [9.17, 15) is 4.79 Å². The number of aromatic carboxylic acids is 1. The molecule has 0 bridgehead atoms. The molecule has 94 valence electrons. The second-order valence-electron chi connectivity index (χ2n) is 3.82. The van der Waals surface area contributed by atoms with Gasteiger partial charge in [-0.1, -0.05) is 22.0 Å². The molecule has 2 aromatic rings. The van der Waals surface area contributed by atoms with Crippen molar-refractivity contribution in [2.75, 3.05) is 5.32 Å². The summed E-state index contributed by atoms with van der Waals surface area (Å²) in [6.45, 7) is 3.75. The fourth-order valence-electron chi connectivity index (χ4n) is 1.44. The normalized spacial score (nSPS) is 10.4. The third-order valence-electron chi connectivity index (χ3n) is 2.42. The zero-order valence-corrected chi connectivity index (χ0v) is 12.2. The maximum absolute atomic E-state index is 10.9. The molecule has 0 atom stereocenters. The van der Waals surface area contributed by atoms with E-state index >= 15 is 0 Å². The highest BCUT2D eigenvalue weighted by Crippen LogP contribution is 2.27. The highest BCUT2D eigenvalue weighted by atomic mass is 79.9. The van der Waals surface area contributed by atoms with E-state index in [1.54, 1.807) is 6.92 Å². The lowest BCUT2D eigenvalue weighted by Crippen LogP contribution is -1.99. The van der Waals surface area contributed by atoms with E-state index in [0.717, 1.165) is 15.7 Å². The summed E-state index contributed by atoms with van der Waals surface area (Å²) in [7, 11) is 0. The molecular formula is C12H11BrN2O2S. The molecule has 0 fully saturated rings. The highest BCUT2D eigenvalue weighted by molar-refractivity contribution is 9.10. The Bertz CT molecular complexity index is 610. The first-order chi connectivity index (χ1) is 8.47. The van der Waals surface area contributed by atoms with Crippen LogP contribution in [0.1, 0.15) is 20.9 Å². The number of aromatic nitrogens is 1. The monoisotopic (exact) mass is 326 g/mol. The van der Waals surface area contributed by atoms with Crippen LogP contribution in [0.3, 0.4) is 0 Å². The van der Waals surface area contributed by atoms with Gasteiger partial charge in [-0.05, 0) is 31.5 Å². The van der Waals surface area contributed by atoms with E-state index in [1.165, 1.54) is 11.3 Å². The standard InChI is InChI=1S/C12H11BrN2O2S/c1-6-3-4-8(5-9(6)13)14-12-15-10(11(16)17)7(2)18-12/h3-5H,1-2H3,(H,14,15)(H,16,17). The molecule has 18 heavy (non-hydrogen) atoms. The fraction of sp³-hybridized carbons (Fsp3) is 0.167. The van der Waals surface area contributed by atoms with Crippen LogP contribution in [-0.4, -0.2) is 16.1 Å². The first kappa shape index (κ1) is 13.0. The summed E-state index contributed by atoms with van der Waals surface area (Å²) in [6, 6.07) is 5.84. The molecule has 0 unspecified atom stereocenters. The smallest absolute Gasteiger partial charge is 0.355 e. The summed E-state index contributed by atoms with van der Waals surface area (Å²) in [4.78, 5) is 15.6. The number of rotatable bonds is 3. The van der Waals surface area contributed by atoms with Gasteiger partial charge in [0.15, 0.2) is 10.8 Å². The van der Waals surface area contributed by atoms with Crippen LogP contribution < -0.4 is 5.32 Å². The van der Waals surface area contributed by atoms with E-state index in [-0.39, 0.29) is 5.69 Å². The van der Waals surface area contributed by atoms with Crippen molar-refractivity contribution in [2.24, 2.45) is 0 Å². The molecule has 0 saturated carbocycles. The minimum atomic E-state index is -0.998. The minimum Gasteiger partial charge on any atom is -0.476 e. The Morgan fingerprint density at radius 2 is 2.17 bits per heavy atom. The number of nitrogens with zero attached hydrogens (tertiary/aromatic N) is 1. The zero-order chi connectivity index (χ0) is 13.3. The number of benzene rings is 1. The number of anilines is 2. The number of halogens is 1. The molecule has 2 rings (SSSR count). The highest BCUT2D eigenvalue weighted by Gasteiger charge is 2.14. The lowest BCUT2D eigenvalue weighted by Gasteiger charge is -2.04. The van der Waals surface area contributed by atoms with Crippen LogP contribution in [0.4, 0.5) is 10.8 Å². The molecule has 0 amide bonds. The number of carbonyl (C=O) groups is 1. The number of nitrogens with one attached hydrogen (secondary N) is 1. The van der Waals surface area contributed by atoms with Gasteiger partial charge in [0, 0.05) is 15.0 Å². The lowest BCUT2D eigenvalue weighted by atomic mass is 10.2. The van der Waals surface area contributed by atoms with Crippen LogP contribution in [0.5, 0.6) is 0 Å². The van der Waals surface area contributed by atoms with Crippen molar-refractivity contribution in [1.82, 2.24) is 4.98 Å². The summed E-state index contributed by atoms with van der Waals surface area (Å²) in [6.07, 6.45) is 0. The van der Waals surface area contributed by atoms with Crippen LogP contribution in [0, 0.1) is 13.8 Å². The Morgan fingerprint density at radius 3 is 2.72 bits per heavy atom. The molecular weight excluding hydrogens is 316 g/mol. The molecule has 1 aromatic carbocycles. The van der Waals surface area contributed by atoms with Gasteiger partial charge in [-0.25, -0.2) is 9.78 Å². The molecule has 4 nitrogen and oxygen atoms in total. The van der Waals surface area contributed by atoms with Gasteiger partial charge in [0.1, 0.15) is 0 Å². The Labute approximate surface area is 117 Å². The summed E-state index contributed by atoms with van der Waals surface area (Å²) < 4.78 is 0.999. The SMILES string of the molecule is Cc1ccc(Nc2nc(C(=O)O)c(C)s2)cc1Br. The molecule has 2 N–H and O–H groups in total. The Morgan fingerprint density at radius 1 is 1.44 bits per heavy atom. The van der Waals surface area contributed by atoms with Crippen molar-refractivity contribution in [1.29, 1.82) is 0 Å². The largest absolute Gasteiger partial charge is 0.476 e. The maximum atomic E-state index is 10.9. The van der Waals surface area contributed by atoms with Gasteiger partial charge in [0.2, 0.25) is 0 Å².